The molecule has 0 aliphatic rings. The van der Waals surface area contributed by atoms with E-state index < -0.39 is 0 Å². The van der Waals surface area contributed by atoms with Gasteiger partial charge in [-0.3, -0.25) is 0 Å². The first-order chi connectivity index (χ1) is 8.27. The van der Waals surface area contributed by atoms with E-state index in [0.717, 1.165) is 22.1 Å². The van der Waals surface area contributed by atoms with Gasteiger partial charge in [-0.15, -0.1) is 12.4 Å². The summed E-state index contributed by atoms with van der Waals surface area (Å²) in [6.07, 6.45) is 0. The molecule has 1 atom stereocenters. The Labute approximate surface area is 114 Å². The van der Waals surface area contributed by atoms with Gasteiger partial charge < -0.3 is 16.2 Å². The Bertz CT molecular complexity index is 516. The van der Waals surface area contributed by atoms with Crippen molar-refractivity contribution in [2.75, 3.05) is 13.2 Å². The second kappa shape index (κ2) is 6.59. The Morgan fingerprint density at radius 3 is 2.56 bits per heavy atom. The molecule has 0 amide bonds. The number of halogens is 1. The van der Waals surface area contributed by atoms with Crippen LogP contribution in [0.2, 0.25) is 0 Å². The second-order valence-electron chi connectivity index (χ2n) is 3.97. The molecule has 0 fully saturated rings. The van der Waals surface area contributed by atoms with Crippen LogP contribution in [0.1, 0.15) is 18.5 Å². The standard InChI is InChI=1S/C14H18N2O.ClH/c1-2-17-13-8-7-10-5-3-4-6-11(10)14(13)12(16)9-15;/h3-8,12H,2,9,15-16H2,1H3;1H/t12-;/m1./s1. The SMILES string of the molecule is CCOc1ccc2ccccc2c1[C@H](N)CN.Cl. The highest BCUT2D eigenvalue weighted by atomic mass is 35.5. The summed E-state index contributed by atoms with van der Waals surface area (Å²) in [4.78, 5) is 0. The van der Waals surface area contributed by atoms with E-state index in [2.05, 4.69) is 12.1 Å². The Kier molecular flexibility index (Phi) is 5.41. The van der Waals surface area contributed by atoms with Gasteiger partial charge in [0.25, 0.3) is 0 Å². The van der Waals surface area contributed by atoms with E-state index in [1.165, 1.54) is 0 Å². The summed E-state index contributed by atoms with van der Waals surface area (Å²) in [7, 11) is 0. The van der Waals surface area contributed by atoms with E-state index in [1.807, 2.05) is 31.2 Å². The van der Waals surface area contributed by atoms with Crippen molar-refractivity contribution in [2.24, 2.45) is 11.5 Å². The molecular weight excluding hydrogens is 248 g/mol. The van der Waals surface area contributed by atoms with Crippen LogP contribution in [-0.4, -0.2) is 13.2 Å². The maximum atomic E-state index is 6.09. The molecule has 2 aromatic carbocycles. The molecule has 4 N–H and O–H groups in total. The molecule has 0 aromatic heterocycles. The quantitative estimate of drug-likeness (QED) is 0.894. The van der Waals surface area contributed by atoms with Gasteiger partial charge in [-0.2, -0.15) is 0 Å². The summed E-state index contributed by atoms with van der Waals surface area (Å²) in [6.45, 7) is 3.00. The number of fused-ring (bicyclic) bond motifs is 1. The van der Waals surface area contributed by atoms with E-state index >= 15 is 0 Å². The summed E-state index contributed by atoms with van der Waals surface area (Å²) in [5, 5.41) is 2.28. The Morgan fingerprint density at radius 2 is 1.89 bits per heavy atom. The lowest BCUT2D eigenvalue weighted by atomic mass is 9.98. The number of benzene rings is 2. The zero-order valence-corrected chi connectivity index (χ0v) is 11.2. The highest BCUT2D eigenvalue weighted by molar-refractivity contribution is 5.88. The van der Waals surface area contributed by atoms with Crippen LogP contribution in [0.5, 0.6) is 5.75 Å². The smallest absolute Gasteiger partial charge is 0.124 e. The second-order valence-corrected chi connectivity index (χ2v) is 3.97. The molecule has 0 saturated heterocycles. The van der Waals surface area contributed by atoms with Gasteiger partial charge in [-0.05, 0) is 23.8 Å². The molecule has 0 aliphatic carbocycles. The van der Waals surface area contributed by atoms with Crippen molar-refractivity contribution in [3.05, 3.63) is 42.0 Å². The fourth-order valence-corrected chi connectivity index (χ4v) is 2.06. The third-order valence-electron chi connectivity index (χ3n) is 2.86. The van der Waals surface area contributed by atoms with Crippen molar-refractivity contribution >= 4 is 23.2 Å². The third-order valence-corrected chi connectivity index (χ3v) is 2.86. The maximum Gasteiger partial charge on any atom is 0.124 e. The average molecular weight is 267 g/mol. The first kappa shape index (κ1) is 14.8. The van der Waals surface area contributed by atoms with Crippen LogP contribution in [0.4, 0.5) is 0 Å². The molecule has 0 aliphatic heterocycles. The fraction of sp³-hybridized carbons (Fsp3) is 0.286. The van der Waals surface area contributed by atoms with Gasteiger partial charge in [0.1, 0.15) is 5.75 Å². The minimum Gasteiger partial charge on any atom is -0.494 e. The number of hydrogen-bond donors (Lipinski definition) is 2. The third kappa shape index (κ3) is 2.75. The average Bonchev–Trinajstić information content (AvgIpc) is 2.38. The molecule has 3 nitrogen and oxygen atoms in total. The fourth-order valence-electron chi connectivity index (χ4n) is 2.06. The van der Waals surface area contributed by atoms with Crippen LogP contribution < -0.4 is 16.2 Å². The molecule has 2 aromatic rings. The zero-order valence-electron chi connectivity index (χ0n) is 10.4. The predicted molar refractivity (Wildman–Crippen MR) is 78.3 cm³/mol. The number of hydrogen-bond acceptors (Lipinski definition) is 3. The van der Waals surface area contributed by atoms with Crippen LogP contribution in [0.25, 0.3) is 10.8 Å². The Balaban J connectivity index is 0.00000162. The van der Waals surface area contributed by atoms with Gasteiger partial charge in [0.05, 0.1) is 6.61 Å². The molecule has 98 valence electrons. The number of nitrogens with two attached hydrogens (primary N) is 2. The molecule has 0 saturated carbocycles. The summed E-state index contributed by atoms with van der Waals surface area (Å²) in [5.41, 5.74) is 12.8. The van der Waals surface area contributed by atoms with Gasteiger partial charge in [-0.1, -0.05) is 30.3 Å². The van der Waals surface area contributed by atoms with Crippen molar-refractivity contribution < 1.29 is 4.74 Å². The number of ether oxygens (including phenoxy) is 1. The van der Waals surface area contributed by atoms with Crippen LogP contribution in [0.3, 0.4) is 0 Å². The molecule has 18 heavy (non-hydrogen) atoms. The number of rotatable bonds is 4. The van der Waals surface area contributed by atoms with Crippen LogP contribution in [0.15, 0.2) is 36.4 Å². The maximum absolute atomic E-state index is 6.09. The molecule has 2 rings (SSSR count). The highest BCUT2D eigenvalue weighted by Crippen LogP contribution is 2.31. The monoisotopic (exact) mass is 266 g/mol. The Hall–Kier alpha value is -1.29. The summed E-state index contributed by atoms with van der Waals surface area (Å²) < 4.78 is 5.63. The molecule has 0 bridgehead atoms. The van der Waals surface area contributed by atoms with E-state index in [-0.39, 0.29) is 18.4 Å². The molecule has 0 unspecified atom stereocenters. The van der Waals surface area contributed by atoms with E-state index in [0.29, 0.717) is 13.2 Å². The van der Waals surface area contributed by atoms with Crippen LogP contribution in [0, 0.1) is 0 Å². The highest BCUT2D eigenvalue weighted by Gasteiger charge is 2.14. The van der Waals surface area contributed by atoms with Gasteiger partial charge in [-0.25, -0.2) is 0 Å². The van der Waals surface area contributed by atoms with Gasteiger partial charge in [0, 0.05) is 18.2 Å². The van der Waals surface area contributed by atoms with Gasteiger partial charge in [0.15, 0.2) is 0 Å². The predicted octanol–water partition coefficient (Wildman–Crippen LogP) is 2.62. The van der Waals surface area contributed by atoms with Crippen LogP contribution in [-0.2, 0) is 0 Å². The van der Waals surface area contributed by atoms with Gasteiger partial charge in [0.2, 0.25) is 0 Å². The van der Waals surface area contributed by atoms with Crippen molar-refractivity contribution in [1.82, 2.24) is 0 Å². The minimum absolute atomic E-state index is 0. The first-order valence-corrected chi connectivity index (χ1v) is 5.88. The normalized spacial score (nSPS) is 11.9. The van der Waals surface area contributed by atoms with Crippen molar-refractivity contribution in [3.63, 3.8) is 0 Å². The Morgan fingerprint density at radius 1 is 1.17 bits per heavy atom. The van der Waals surface area contributed by atoms with Gasteiger partial charge >= 0.3 is 0 Å². The minimum atomic E-state index is -0.192. The van der Waals surface area contributed by atoms with Crippen molar-refractivity contribution in [3.8, 4) is 5.75 Å². The molecule has 4 heteroatoms. The molecular formula is C14H19ClN2O. The lowest BCUT2D eigenvalue weighted by Gasteiger charge is -2.17. The summed E-state index contributed by atoms with van der Waals surface area (Å²) in [6, 6.07) is 12.0. The lowest BCUT2D eigenvalue weighted by molar-refractivity contribution is 0.335. The van der Waals surface area contributed by atoms with Crippen molar-refractivity contribution in [1.29, 1.82) is 0 Å². The molecule has 0 radical (unpaired) electrons. The summed E-state index contributed by atoms with van der Waals surface area (Å²) >= 11 is 0. The van der Waals surface area contributed by atoms with Crippen LogP contribution >= 0.6 is 12.4 Å². The zero-order chi connectivity index (χ0) is 12.3. The summed E-state index contributed by atoms with van der Waals surface area (Å²) in [5.74, 6) is 0.837. The van der Waals surface area contributed by atoms with E-state index in [4.69, 9.17) is 16.2 Å². The van der Waals surface area contributed by atoms with Crippen molar-refractivity contribution in [2.45, 2.75) is 13.0 Å². The lowest BCUT2D eigenvalue weighted by Crippen LogP contribution is -2.21. The molecule has 0 heterocycles. The van der Waals surface area contributed by atoms with E-state index in [1.54, 1.807) is 0 Å². The van der Waals surface area contributed by atoms with E-state index in [9.17, 15) is 0 Å². The topological polar surface area (TPSA) is 61.3 Å². The first-order valence-electron chi connectivity index (χ1n) is 5.88. The largest absolute Gasteiger partial charge is 0.494 e. The molecule has 0 spiro atoms.